The number of anilines is 1. The third kappa shape index (κ3) is 4.71. The fraction of sp³-hybridized carbons (Fsp3) is 0.125. The summed E-state index contributed by atoms with van der Waals surface area (Å²) in [4.78, 5) is 23.9. The predicted octanol–water partition coefficient (Wildman–Crippen LogP) is 3.48. The molecule has 0 heterocycles. The van der Waals surface area contributed by atoms with Gasteiger partial charge in [-0.2, -0.15) is 0 Å². The van der Waals surface area contributed by atoms with Gasteiger partial charge in [-0.25, -0.2) is 0 Å². The number of ether oxygens (including phenoxy) is 1. The standard InChI is InChI=1S/C16H14BrClN2O3/c1-23-14-7-6-10(8-13(14)18)20-15(21)9-19-16(22)11-4-2-3-5-12(11)17/h2-8H,9H2,1H3,(H,19,22)(H,20,21). The molecule has 120 valence electrons. The van der Waals surface area contributed by atoms with Crippen molar-refractivity contribution < 1.29 is 14.3 Å². The molecule has 0 atom stereocenters. The second kappa shape index (κ2) is 7.99. The van der Waals surface area contributed by atoms with E-state index >= 15 is 0 Å². The van der Waals surface area contributed by atoms with E-state index in [1.165, 1.54) is 7.11 Å². The zero-order valence-corrected chi connectivity index (χ0v) is 14.6. The van der Waals surface area contributed by atoms with Crippen molar-refractivity contribution in [3.63, 3.8) is 0 Å². The van der Waals surface area contributed by atoms with E-state index in [2.05, 4.69) is 26.6 Å². The molecule has 0 spiro atoms. The summed E-state index contributed by atoms with van der Waals surface area (Å²) in [7, 11) is 1.51. The molecule has 23 heavy (non-hydrogen) atoms. The average Bonchev–Trinajstić information content (AvgIpc) is 2.53. The SMILES string of the molecule is COc1ccc(NC(=O)CNC(=O)c2ccccc2Br)cc1Cl. The van der Waals surface area contributed by atoms with Gasteiger partial charge in [-0.15, -0.1) is 0 Å². The van der Waals surface area contributed by atoms with Gasteiger partial charge in [0.15, 0.2) is 0 Å². The molecule has 0 aliphatic carbocycles. The van der Waals surface area contributed by atoms with Crippen LogP contribution in [0.25, 0.3) is 0 Å². The van der Waals surface area contributed by atoms with Gasteiger partial charge in [-0.1, -0.05) is 23.7 Å². The van der Waals surface area contributed by atoms with Crippen LogP contribution in [-0.2, 0) is 4.79 Å². The van der Waals surface area contributed by atoms with Crippen molar-refractivity contribution in [3.8, 4) is 5.75 Å². The highest BCUT2D eigenvalue weighted by Gasteiger charge is 2.11. The fourth-order valence-corrected chi connectivity index (χ4v) is 2.57. The molecule has 0 fully saturated rings. The largest absolute Gasteiger partial charge is 0.495 e. The molecule has 0 saturated carbocycles. The number of carbonyl (C=O) groups is 2. The lowest BCUT2D eigenvalue weighted by atomic mass is 10.2. The summed E-state index contributed by atoms with van der Waals surface area (Å²) in [5.74, 6) is -0.168. The van der Waals surface area contributed by atoms with Crippen LogP contribution in [-0.4, -0.2) is 25.5 Å². The van der Waals surface area contributed by atoms with E-state index in [0.717, 1.165) is 0 Å². The van der Waals surface area contributed by atoms with Crippen molar-refractivity contribution in [1.29, 1.82) is 0 Å². The molecular formula is C16H14BrClN2O3. The molecule has 2 aromatic carbocycles. The Morgan fingerprint density at radius 1 is 1.22 bits per heavy atom. The number of rotatable bonds is 5. The Morgan fingerprint density at radius 3 is 2.61 bits per heavy atom. The summed E-state index contributed by atoms with van der Waals surface area (Å²) in [5.41, 5.74) is 0.990. The molecule has 0 unspecified atom stereocenters. The first-order valence-corrected chi connectivity index (χ1v) is 7.84. The van der Waals surface area contributed by atoms with E-state index in [4.69, 9.17) is 16.3 Å². The maximum Gasteiger partial charge on any atom is 0.252 e. The van der Waals surface area contributed by atoms with Crippen molar-refractivity contribution in [1.82, 2.24) is 5.32 Å². The van der Waals surface area contributed by atoms with Crippen LogP contribution < -0.4 is 15.4 Å². The Balaban J connectivity index is 1.91. The van der Waals surface area contributed by atoms with Crippen LogP contribution in [0.3, 0.4) is 0 Å². The molecule has 2 N–H and O–H groups in total. The van der Waals surface area contributed by atoms with Gasteiger partial charge in [0.1, 0.15) is 5.75 Å². The van der Waals surface area contributed by atoms with E-state index in [9.17, 15) is 9.59 Å². The Morgan fingerprint density at radius 2 is 1.96 bits per heavy atom. The molecule has 2 rings (SSSR count). The van der Waals surface area contributed by atoms with E-state index in [1.54, 1.807) is 42.5 Å². The van der Waals surface area contributed by atoms with Gasteiger partial charge >= 0.3 is 0 Å². The van der Waals surface area contributed by atoms with Crippen LogP contribution >= 0.6 is 27.5 Å². The number of carbonyl (C=O) groups excluding carboxylic acids is 2. The first kappa shape index (κ1) is 17.3. The van der Waals surface area contributed by atoms with Gasteiger partial charge in [-0.3, -0.25) is 9.59 Å². The van der Waals surface area contributed by atoms with Crippen molar-refractivity contribution in [2.75, 3.05) is 19.0 Å². The summed E-state index contributed by atoms with van der Waals surface area (Å²) in [6, 6.07) is 11.9. The minimum absolute atomic E-state index is 0.149. The molecule has 0 aliphatic rings. The Hall–Kier alpha value is -2.05. The zero-order chi connectivity index (χ0) is 16.8. The second-order valence-electron chi connectivity index (χ2n) is 4.56. The van der Waals surface area contributed by atoms with Crippen LogP contribution in [0.5, 0.6) is 5.75 Å². The Labute approximate surface area is 147 Å². The lowest BCUT2D eigenvalue weighted by Crippen LogP contribution is -2.33. The van der Waals surface area contributed by atoms with Crippen LogP contribution in [0.2, 0.25) is 5.02 Å². The predicted molar refractivity (Wildman–Crippen MR) is 93.1 cm³/mol. The smallest absolute Gasteiger partial charge is 0.252 e. The average molecular weight is 398 g/mol. The lowest BCUT2D eigenvalue weighted by Gasteiger charge is -2.09. The number of benzene rings is 2. The highest BCUT2D eigenvalue weighted by Crippen LogP contribution is 2.27. The van der Waals surface area contributed by atoms with E-state index < -0.39 is 0 Å². The Kier molecular flexibility index (Phi) is 6.01. The molecule has 0 radical (unpaired) electrons. The third-order valence-corrected chi connectivity index (χ3v) is 3.95. The van der Waals surface area contributed by atoms with Gasteiger partial charge in [0.25, 0.3) is 5.91 Å². The third-order valence-electron chi connectivity index (χ3n) is 2.96. The minimum atomic E-state index is -0.355. The van der Waals surface area contributed by atoms with Crippen molar-refractivity contribution in [2.24, 2.45) is 0 Å². The molecule has 7 heteroatoms. The normalized spacial score (nSPS) is 10.0. The van der Waals surface area contributed by atoms with E-state index in [-0.39, 0.29) is 18.4 Å². The number of hydrogen-bond donors (Lipinski definition) is 2. The van der Waals surface area contributed by atoms with Gasteiger partial charge in [-0.05, 0) is 46.3 Å². The summed E-state index contributed by atoms with van der Waals surface area (Å²) in [6.45, 7) is -0.149. The summed E-state index contributed by atoms with van der Waals surface area (Å²) in [5, 5.41) is 5.60. The second-order valence-corrected chi connectivity index (χ2v) is 5.82. The van der Waals surface area contributed by atoms with Gasteiger partial charge in [0, 0.05) is 10.2 Å². The number of amides is 2. The lowest BCUT2D eigenvalue weighted by molar-refractivity contribution is -0.115. The highest BCUT2D eigenvalue weighted by atomic mass is 79.9. The molecule has 2 aromatic rings. The van der Waals surface area contributed by atoms with Crippen LogP contribution in [0.15, 0.2) is 46.9 Å². The van der Waals surface area contributed by atoms with E-state index in [1.807, 2.05) is 0 Å². The number of halogens is 2. The van der Waals surface area contributed by atoms with Crippen LogP contribution in [0.1, 0.15) is 10.4 Å². The number of nitrogens with one attached hydrogen (secondary N) is 2. The highest BCUT2D eigenvalue weighted by molar-refractivity contribution is 9.10. The molecule has 0 aromatic heterocycles. The zero-order valence-electron chi connectivity index (χ0n) is 12.2. The topological polar surface area (TPSA) is 67.4 Å². The molecule has 0 saturated heterocycles. The molecule has 5 nitrogen and oxygen atoms in total. The first-order chi connectivity index (χ1) is 11.0. The van der Waals surface area contributed by atoms with Crippen LogP contribution in [0.4, 0.5) is 5.69 Å². The molecular weight excluding hydrogens is 384 g/mol. The molecule has 0 aliphatic heterocycles. The maximum atomic E-state index is 12.0. The molecule has 0 bridgehead atoms. The van der Waals surface area contributed by atoms with Crippen LogP contribution in [0, 0.1) is 0 Å². The maximum absolute atomic E-state index is 12.0. The number of methoxy groups -OCH3 is 1. The van der Waals surface area contributed by atoms with Gasteiger partial charge in [0.05, 0.1) is 24.2 Å². The summed E-state index contributed by atoms with van der Waals surface area (Å²) < 4.78 is 5.70. The van der Waals surface area contributed by atoms with Crippen molar-refractivity contribution >= 4 is 45.0 Å². The number of hydrogen-bond acceptors (Lipinski definition) is 3. The van der Waals surface area contributed by atoms with Crippen molar-refractivity contribution in [2.45, 2.75) is 0 Å². The van der Waals surface area contributed by atoms with Crippen molar-refractivity contribution in [3.05, 3.63) is 57.5 Å². The van der Waals surface area contributed by atoms with Gasteiger partial charge < -0.3 is 15.4 Å². The minimum Gasteiger partial charge on any atom is -0.495 e. The van der Waals surface area contributed by atoms with Gasteiger partial charge in [0.2, 0.25) is 5.91 Å². The summed E-state index contributed by atoms with van der Waals surface area (Å²) >= 11 is 9.28. The van der Waals surface area contributed by atoms with E-state index in [0.29, 0.717) is 26.5 Å². The quantitative estimate of drug-likeness (QED) is 0.812. The monoisotopic (exact) mass is 396 g/mol. The summed E-state index contributed by atoms with van der Waals surface area (Å²) in [6.07, 6.45) is 0. The first-order valence-electron chi connectivity index (χ1n) is 6.67. The fourth-order valence-electron chi connectivity index (χ4n) is 1.85. The molecule has 2 amide bonds. The Bertz CT molecular complexity index is 737.